The first-order valence-electron chi connectivity index (χ1n) is 7.43. The topological polar surface area (TPSA) is 20.3 Å². The highest BCUT2D eigenvalue weighted by atomic mass is 32.1. The van der Waals surface area contributed by atoms with E-state index in [0.29, 0.717) is 24.0 Å². The number of alkyl halides is 3. The van der Waals surface area contributed by atoms with Crippen LogP contribution in [0.25, 0.3) is 0 Å². The molecule has 128 valence electrons. The molecule has 0 radical (unpaired) electrons. The molecule has 0 spiro atoms. The summed E-state index contributed by atoms with van der Waals surface area (Å²) in [7, 11) is 0. The second-order valence-corrected chi connectivity index (χ2v) is 6.78. The second-order valence-electron chi connectivity index (χ2n) is 6.00. The summed E-state index contributed by atoms with van der Waals surface area (Å²) in [6.07, 6.45) is -3.50. The SMILES string of the molecule is O=C(N(Cc1ccsc1)CC(F)(F)F)C1(c2ccc(F)cc2)CC1. The minimum Gasteiger partial charge on any atom is -0.328 e. The minimum absolute atomic E-state index is 0.0786. The molecule has 0 unspecified atom stereocenters. The first-order chi connectivity index (χ1) is 11.3. The molecule has 0 saturated heterocycles. The van der Waals surface area contributed by atoms with Crippen molar-refractivity contribution in [1.82, 2.24) is 4.90 Å². The average Bonchev–Trinajstić information content (AvgIpc) is 3.16. The second kappa shape index (κ2) is 6.20. The molecule has 1 aromatic carbocycles. The summed E-state index contributed by atoms with van der Waals surface area (Å²) in [5.41, 5.74) is 0.300. The van der Waals surface area contributed by atoms with Gasteiger partial charge in [0, 0.05) is 6.54 Å². The maximum atomic E-state index is 13.1. The number of hydrogen-bond donors (Lipinski definition) is 0. The van der Waals surface area contributed by atoms with Crippen molar-refractivity contribution < 1.29 is 22.4 Å². The molecular weight excluding hydrogens is 342 g/mol. The van der Waals surface area contributed by atoms with Gasteiger partial charge in [0.1, 0.15) is 12.4 Å². The number of amides is 1. The molecule has 24 heavy (non-hydrogen) atoms. The van der Waals surface area contributed by atoms with E-state index in [0.717, 1.165) is 4.90 Å². The van der Waals surface area contributed by atoms with Gasteiger partial charge in [-0.15, -0.1) is 0 Å². The quantitative estimate of drug-likeness (QED) is 0.721. The van der Waals surface area contributed by atoms with Crippen LogP contribution in [0.1, 0.15) is 24.0 Å². The van der Waals surface area contributed by atoms with Gasteiger partial charge in [0.25, 0.3) is 0 Å². The minimum atomic E-state index is -4.47. The maximum Gasteiger partial charge on any atom is 0.406 e. The van der Waals surface area contributed by atoms with Crippen LogP contribution in [0.4, 0.5) is 17.6 Å². The van der Waals surface area contributed by atoms with Crippen LogP contribution >= 0.6 is 11.3 Å². The average molecular weight is 357 g/mol. The molecule has 1 heterocycles. The largest absolute Gasteiger partial charge is 0.406 e. The van der Waals surface area contributed by atoms with Gasteiger partial charge in [0.2, 0.25) is 5.91 Å². The monoisotopic (exact) mass is 357 g/mol. The molecule has 0 N–H and O–H groups in total. The Morgan fingerprint density at radius 3 is 2.33 bits per heavy atom. The van der Waals surface area contributed by atoms with Gasteiger partial charge in [-0.05, 0) is 52.9 Å². The van der Waals surface area contributed by atoms with Crippen LogP contribution in [0.3, 0.4) is 0 Å². The van der Waals surface area contributed by atoms with Crippen molar-refractivity contribution in [3.63, 3.8) is 0 Å². The molecule has 7 heteroatoms. The summed E-state index contributed by atoms with van der Waals surface area (Å²) >= 11 is 1.37. The normalized spacial score (nSPS) is 16.0. The number of rotatable bonds is 5. The third-order valence-electron chi connectivity index (χ3n) is 4.17. The lowest BCUT2D eigenvalue weighted by Crippen LogP contribution is -2.43. The zero-order valence-electron chi connectivity index (χ0n) is 12.6. The third-order valence-corrected chi connectivity index (χ3v) is 4.90. The number of carbonyl (C=O) groups excluding carboxylic acids is 1. The summed E-state index contributed by atoms with van der Waals surface area (Å²) < 4.78 is 51.8. The number of carbonyl (C=O) groups is 1. The van der Waals surface area contributed by atoms with Gasteiger partial charge in [-0.3, -0.25) is 4.79 Å². The predicted octanol–water partition coefficient (Wildman–Crippen LogP) is 4.51. The molecule has 1 saturated carbocycles. The zero-order chi connectivity index (χ0) is 17.4. The van der Waals surface area contributed by atoms with Gasteiger partial charge in [0.15, 0.2) is 0 Å². The molecule has 2 nitrogen and oxygen atoms in total. The van der Waals surface area contributed by atoms with E-state index in [1.807, 2.05) is 0 Å². The first kappa shape index (κ1) is 17.0. The summed E-state index contributed by atoms with van der Waals surface area (Å²) in [6.45, 7) is -1.37. The van der Waals surface area contributed by atoms with Gasteiger partial charge in [-0.25, -0.2) is 4.39 Å². The standard InChI is InChI=1S/C17H15F4NOS/c18-14-3-1-13(2-4-14)16(6-7-16)15(23)22(11-17(19,20)21)9-12-5-8-24-10-12/h1-5,8,10H,6-7,9,11H2. The Balaban J connectivity index is 1.86. The molecule has 3 rings (SSSR count). The Bertz CT molecular complexity index is 705. The molecule has 1 amide bonds. The van der Waals surface area contributed by atoms with E-state index in [-0.39, 0.29) is 6.54 Å². The van der Waals surface area contributed by atoms with Crippen molar-refractivity contribution in [2.24, 2.45) is 0 Å². The molecule has 0 bridgehead atoms. The lowest BCUT2D eigenvalue weighted by atomic mass is 9.94. The Labute approximate surface area is 140 Å². The van der Waals surface area contributed by atoms with Gasteiger partial charge in [0.05, 0.1) is 5.41 Å². The molecular formula is C17H15F4NOS. The lowest BCUT2D eigenvalue weighted by molar-refractivity contribution is -0.164. The zero-order valence-corrected chi connectivity index (χ0v) is 13.5. The Morgan fingerprint density at radius 1 is 1.17 bits per heavy atom. The summed E-state index contributed by atoms with van der Waals surface area (Å²) in [5.74, 6) is -0.981. The van der Waals surface area contributed by atoms with E-state index < -0.39 is 29.9 Å². The number of thiophene rings is 1. The van der Waals surface area contributed by atoms with Crippen LogP contribution < -0.4 is 0 Å². The fourth-order valence-corrected chi connectivity index (χ4v) is 3.50. The number of benzene rings is 1. The van der Waals surface area contributed by atoms with Crippen LogP contribution in [-0.4, -0.2) is 23.5 Å². The molecule has 0 atom stereocenters. The van der Waals surface area contributed by atoms with Gasteiger partial charge in [-0.1, -0.05) is 12.1 Å². The van der Waals surface area contributed by atoms with Crippen LogP contribution in [0.2, 0.25) is 0 Å². The summed E-state index contributed by atoms with van der Waals surface area (Å²) in [5, 5.41) is 3.49. The van der Waals surface area contributed by atoms with Gasteiger partial charge in [-0.2, -0.15) is 24.5 Å². The van der Waals surface area contributed by atoms with Crippen molar-refractivity contribution in [2.45, 2.75) is 31.0 Å². The van der Waals surface area contributed by atoms with Crippen molar-refractivity contribution in [1.29, 1.82) is 0 Å². The maximum absolute atomic E-state index is 13.1. The smallest absolute Gasteiger partial charge is 0.328 e. The van der Waals surface area contributed by atoms with E-state index in [2.05, 4.69) is 0 Å². The fourth-order valence-electron chi connectivity index (χ4n) is 2.84. The van der Waals surface area contributed by atoms with Crippen molar-refractivity contribution >= 4 is 17.2 Å². The van der Waals surface area contributed by atoms with E-state index in [1.54, 1.807) is 16.8 Å². The lowest BCUT2D eigenvalue weighted by Gasteiger charge is -2.28. The van der Waals surface area contributed by atoms with Crippen molar-refractivity contribution in [3.8, 4) is 0 Å². The van der Waals surface area contributed by atoms with Gasteiger partial charge >= 0.3 is 6.18 Å². The molecule has 0 aliphatic heterocycles. The first-order valence-corrected chi connectivity index (χ1v) is 8.38. The third kappa shape index (κ3) is 3.61. The van der Waals surface area contributed by atoms with Crippen LogP contribution in [0.15, 0.2) is 41.1 Å². The van der Waals surface area contributed by atoms with Crippen LogP contribution in [0, 0.1) is 5.82 Å². The predicted molar refractivity (Wildman–Crippen MR) is 83.1 cm³/mol. The highest BCUT2D eigenvalue weighted by Gasteiger charge is 2.54. The molecule has 1 aliphatic carbocycles. The number of hydrogen-bond acceptors (Lipinski definition) is 2. The van der Waals surface area contributed by atoms with Gasteiger partial charge < -0.3 is 4.90 Å². The molecule has 2 aromatic rings. The van der Waals surface area contributed by atoms with E-state index in [9.17, 15) is 22.4 Å². The fraction of sp³-hybridized carbons (Fsp3) is 0.353. The van der Waals surface area contributed by atoms with Crippen molar-refractivity contribution in [3.05, 3.63) is 58.0 Å². The van der Waals surface area contributed by atoms with E-state index in [1.165, 1.54) is 35.6 Å². The molecule has 1 fully saturated rings. The Morgan fingerprint density at radius 2 is 1.83 bits per heavy atom. The van der Waals surface area contributed by atoms with E-state index in [4.69, 9.17) is 0 Å². The van der Waals surface area contributed by atoms with Crippen LogP contribution in [-0.2, 0) is 16.8 Å². The van der Waals surface area contributed by atoms with E-state index >= 15 is 0 Å². The highest BCUT2D eigenvalue weighted by molar-refractivity contribution is 7.07. The van der Waals surface area contributed by atoms with Crippen LogP contribution in [0.5, 0.6) is 0 Å². The molecule has 1 aromatic heterocycles. The van der Waals surface area contributed by atoms with Crippen molar-refractivity contribution in [2.75, 3.05) is 6.54 Å². The number of halogens is 4. The summed E-state index contributed by atoms with van der Waals surface area (Å²) in [6, 6.07) is 7.14. The molecule has 1 aliphatic rings. The highest BCUT2D eigenvalue weighted by Crippen LogP contribution is 2.50. The summed E-state index contributed by atoms with van der Waals surface area (Å²) in [4.78, 5) is 13.7. The Hall–Kier alpha value is -1.89. The number of nitrogens with zero attached hydrogens (tertiary/aromatic N) is 1. The Kier molecular flexibility index (Phi) is 4.38.